The van der Waals surface area contributed by atoms with Crippen molar-refractivity contribution >= 4 is 5.69 Å². The average Bonchev–Trinajstić information content (AvgIpc) is 2.34. The molecular formula is C14H21NO2. The van der Waals surface area contributed by atoms with E-state index >= 15 is 0 Å². The van der Waals surface area contributed by atoms with Gasteiger partial charge in [-0.25, -0.2) is 0 Å². The maximum absolute atomic E-state index is 5.45. The highest BCUT2D eigenvalue weighted by Gasteiger charge is 2.22. The number of anilines is 1. The molecule has 3 heteroatoms. The van der Waals surface area contributed by atoms with Crippen molar-refractivity contribution in [1.82, 2.24) is 0 Å². The van der Waals surface area contributed by atoms with Crippen molar-refractivity contribution in [3.05, 3.63) is 23.8 Å². The van der Waals surface area contributed by atoms with Crippen LogP contribution in [0.2, 0.25) is 0 Å². The summed E-state index contributed by atoms with van der Waals surface area (Å²) in [5.41, 5.74) is 2.30. The molecule has 1 aliphatic rings. The molecule has 94 valence electrons. The Kier molecular flexibility index (Phi) is 3.89. The van der Waals surface area contributed by atoms with Gasteiger partial charge in [0.05, 0.1) is 19.4 Å². The molecule has 2 unspecified atom stereocenters. The van der Waals surface area contributed by atoms with Crippen LogP contribution in [-0.4, -0.2) is 26.4 Å². The largest absolute Gasteiger partial charge is 0.495 e. The van der Waals surface area contributed by atoms with Gasteiger partial charge in [-0.2, -0.15) is 0 Å². The molecule has 0 aliphatic carbocycles. The van der Waals surface area contributed by atoms with Gasteiger partial charge in [0, 0.05) is 12.6 Å². The van der Waals surface area contributed by atoms with Crippen LogP contribution in [0.15, 0.2) is 18.2 Å². The highest BCUT2D eigenvalue weighted by atomic mass is 16.5. The third kappa shape index (κ3) is 2.91. The molecule has 0 spiro atoms. The summed E-state index contributed by atoms with van der Waals surface area (Å²) in [4.78, 5) is 0. The maximum Gasteiger partial charge on any atom is 0.142 e. The van der Waals surface area contributed by atoms with Crippen molar-refractivity contribution in [3.63, 3.8) is 0 Å². The Labute approximate surface area is 103 Å². The van der Waals surface area contributed by atoms with Crippen molar-refractivity contribution in [1.29, 1.82) is 0 Å². The second-order valence-corrected chi connectivity index (χ2v) is 4.80. The summed E-state index contributed by atoms with van der Waals surface area (Å²) >= 11 is 0. The van der Waals surface area contributed by atoms with E-state index < -0.39 is 0 Å². The molecule has 0 aromatic heterocycles. The first-order valence-electron chi connectivity index (χ1n) is 6.19. The van der Waals surface area contributed by atoms with Crippen LogP contribution in [0.1, 0.15) is 18.9 Å². The fourth-order valence-corrected chi connectivity index (χ4v) is 2.21. The van der Waals surface area contributed by atoms with Crippen LogP contribution in [0.3, 0.4) is 0 Å². The zero-order valence-electron chi connectivity index (χ0n) is 10.8. The Balaban J connectivity index is 2.11. The van der Waals surface area contributed by atoms with Gasteiger partial charge in [0.15, 0.2) is 0 Å². The van der Waals surface area contributed by atoms with Gasteiger partial charge in [0.1, 0.15) is 5.75 Å². The minimum atomic E-state index is 0.473. The Morgan fingerprint density at radius 3 is 2.94 bits per heavy atom. The van der Waals surface area contributed by atoms with Crippen molar-refractivity contribution in [2.75, 3.05) is 25.6 Å². The third-order valence-corrected chi connectivity index (χ3v) is 3.34. The number of rotatable bonds is 3. The first-order valence-corrected chi connectivity index (χ1v) is 6.19. The van der Waals surface area contributed by atoms with Gasteiger partial charge in [-0.3, -0.25) is 0 Å². The van der Waals surface area contributed by atoms with E-state index in [9.17, 15) is 0 Å². The predicted octanol–water partition coefficient (Wildman–Crippen LogP) is 2.84. The highest BCUT2D eigenvalue weighted by Crippen LogP contribution is 2.28. The second-order valence-electron chi connectivity index (χ2n) is 4.80. The van der Waals surface area contributed by atoms with Crippen molar-refractivity contribution in [2.24, 2.45) is 5.92 Å². The smallest absolute Gasteiger partial charge is 0.142 e. The van der Waals surface area contributed by atoms with Crippen molar-refractivity contribution < 1.29 is 9.47 Å². The van der Waals surface area contributed by atoms with E-state index in [0.29, 0.717) is 12.0 Å². The molecule has 1 saturated heterocycles. The molecule has 1 aromatic carbocycles. The normalized spacial score (nSPS) is 24.4. The van der Waals surface area contributed by atoms with Gasteiger partial charge >= 0.3 is 0 Å². The van der Waals surface area contributed by atoms with Gasteiger partial charge in [-0.05, 0) is 37.0 Å². The summed E-state index contributed by atoms with van der Waals surface area (Å²) in [6, 6.07) is 6.73. The fraction of sp³-hybridized carbons (Fsp3) is 0.571. The summed E-state index contributed by atoms with van der Waals surface area (Å²) in [6.45, 7) is 5.98. The monoisotopic (exact) mass is 235 g/mol. The second kappa shape index (κ2) is 5.41. The lowest BCUT2D eigenvalue weighted by Crippen LogP contribution is -2.36. The summed E-state index contributed by atoms with van der Waals surface area (Å²) in [7, 11) is 1.72. The number of hydrogen-bond acceptors (Lipinski definition) is 3. The van der Waals surface area contributed by atoms with Gasteiger partial charge in [-0.1, -0.05) is 13.0 Å². The molecule has 1 aromatic rings. The van der Waals surface area contributed by atoms with Crippen LogP contribution in [0.5, 0.6) is 5.75 Å². The minimum absolute atomic E-state index is 0.473. The number of nitrogens with one attached hydrogen (secondary N) is 1. The summed E-state index contributed by atoms with van der Waals surface area (Å²) in [5.74, 6) is 1.46. The molecule has 0 saturated carbocycles. The molecule has 2 rings (SSSR count). The lowest BCUT2D eigenvalue weighted by atomic mass is 9.97. The average molecular weight is 235 g/mol. The van der Waals surface area contributed by atoms with Crippen LogP contribution in [0.4, 0.5) is 5.69 Å². The first kappa shape index (κ1) is 12.2. The van der Waals surface area contributed by atoms with Crippen LogP contribution in [-0.2, 0) is 4.74 Å². The topological polar surface area (TPSA) is 30.5 Å². The highest BCUT2D eigenvalue weighted by molar-refractivity contribution is 5.58. The maximum atomic E-state index is 5.45. The van der Waals surface area contributed by atoms with Gasteiger partial charge < -0.3 is 14.8 Å². The molecule has 0 amide bonds. The van der Waals surface area contributed by atoms with E-state index in [1.165, 1.54) is 5.56 Å². The van der Waals surface area contributed by atoms with Gasteiger partial charge in [0.2, 0.25) is 0 Å². The molecule has 1 N–H and O–H groups in total. The minimum Gasteiger partial charge on any atom is -0.495 e. The van der Waals surface area contributed by atoms with Crippen LogP contribution in [0, 0.1) is 12.8 Å². The van der Waals surface area contributed by atoms with E-state index in [1.807, 2.05) is 0 Å². The SMILES string of the molecule is COc1cc(C)ccc1NC1CCOCC1C. The van der Waals surface area contributed by atoms with Crippen LogP contribution < -0.4 is 10.1 Å². The molecule has 0 bridgehead atoms. The Hall–Kier alpha value is -1.22. The van der Waals surface area contributed by atoms with E-state index in [0.717, 1.165) is 31.1 Å². The molecular weight excluding hydrogens is 214 g/mol. The quantitative estimate of drug-likeness (QED) is 0.874. The Morgan fingerprint density at radius 1 is 1.41 bits per heavy atom. The van der Waals surface area contributed by atoms with Crippen molar-refractivity contribution in [2.45, 2.75) is 26.3 Å². The number of methoxy groups -OCH3 is 1. The number of ether oxygens (including phenoxy) is 2. The molecule has 17 heavy (non-hydrogen) atoms. The first-order chi connectivity index (χ1) is 8.20. The molecule has 1 aliphatic heterocycles. The molecule has 1 fully saturated rings. The number of aryl methyl sites for hydroxylation is 1. The molecule has 1 heterocycles. The molecule has 0 radical (unpaired) electrons. The summed E-state index contributed by atoms with van der Waals surface area (Å²) < 4.78 is 10.9. The Morgan fingerprint density at radius 2 is 2.24 bits per heavy atom. The van der Waals surface area contributed by atoms with Crippen LogP contribution in [0.25, 0.3) is 0 Å². The van der Waals surface area contributed by atoms with Gasteiger partial charge in [0.25, 0.3) is 0 Å². The van der Waals surface area contributed by atoms with Crippen LogP contribution >= 0.6 is 0 Å². The number of hydrogen-bond donors (Lipinski definition) is 1. The Bertz CT molecular complexity index is 378. The van der Waals surface area contributed by atoms with E-state index in [4.69, 9.17) is 9.47 Å². The van der Waals surface area contributed by atoms with E-state index in [1.54, 1.807) is 7.11 Å². The molecule has 3 nitrogen and oxygen atoms in total. The third-order valence-electron chi connectivity index (χ3n) is 3.34. The zero-order chi connectivity index (χ0) is 12.3. The standard InChI is InChI=1S/C14H21NO2/c1-10-4-5-13(14(8-10)16-3)15-12-6-7-17-9-11(12)2/h4-5,8,11-12,15H,6-7,9H2,1-3H3. The number of benzene rings is 1. The van der Waals surface area contributed by atoms with E-state index in [2.05, 4.69) is 37.4 Å². The van der Waals surface area contributed by atoms with Crippen molar-refractivity contribution in [3.8, 4) is 5.75 Å². The predicted molar refractivity (Wildman–Crippen MR) is 69.7 cm³/mol. The lowest BCUT2D eigenvalue weighted by Gasteiger charge is -2.30. The zero-order valence-corrected chi connectivity index (χ0v) is 10.8. The van der Waals surface area contributed by atoms with Gasteiger partial charge in [-0.15, -0.1) is 0 Å². The molecule has 2 atom stereocenters. The summed E-state index contributed by atoms with van der Waals surface area (Å²) in [5, 5.41) is 3.57. The summed E-state index contributed by atoms with van der Waals surface area (Å²) in [6.07, 6.45) is 1.05. The fourth-order valence-electron chi connectivity index (χ4n) is 2.21. The van der Waals surface area contributed by atoms with E-state index in [-0.39, 0.29) is 0 Å². The lowest BCUT2D eigenvalue weighted by molar-refractivity contribution is 0.0537.